The van der Waals surface area contributed by atoms with Crippen LogP contribution in [0.15, 0.2) is 24.3 Å². The Morgan fingerprint density at radius 3 is 2.71 bits per heavy atom. The minimum Gasteiger partial charge on any atom is -0.326 e. The average molecular weight is 303 g/mol. The molecule has 0 aliphatic carbocycles. The van der Waals surface area contributed by atoms with Crippen molar-refractivity contribution in [2.45, 2.75) is 19.8 Å². The lowest BCUT2D eigenvalue weighted by molar-refractivity contribution is -0.116. The number of rotatable bonds is 0. The zero-order chi connectivity index (χ0) is 10.4. The SMILES string of the molecule is CCI.O=C1CCc2ccccc2N1. The van der Waals surface area contributed by atoms with Gasteiger partial charge in [0.1, 0.15) is 0 Å². The van der Waals surface area contributed by atoms with Crippen molar-refractivity contribution in [2.75, 3.05) is 9.74 Å². The lowest BCUT2D eigenvalue weighted by Gasteiger charge is -2.15. The first-order valence-corrected chi connectivity index (χ1v) is 6.24. The highest BCUT2D eigenvalue weighted by Crippen LogP contribution is 2.20. The number of amides is 1. The number of hydrogen-bond donors (Lipinski definition) is 1. The number of carbonyl (C=O) groups is 1. The molecule has 1 aliphatic rings. The van der Waals surface area contributed by atoms with Gasteiger partial charge in [0.25, 0.3) is 0 Å². The second kappa shape index (κ2) is 6.01. The van der Waals surface area contributed by atoms with Gasteiger partial charge >= 0.3 is 0 Å². The molecule has 0 atom stereocenters. The van der Waals surface area contributed by atoms with E-state index in [1.165, 1.54) is 9.99 Å². The molecule has 0 spiro atoms. The number of halogens is 1. The zero-order valence-corrected chi connectivity index (χ0v) is 10.4. The van der Waals surface area contributed by atoms with E-state index in [1.54, 1.807) is 0 Å². The Morgan fingerprint density at radius 1 is 1.36 bits per heavy atom. The third-order valence-electron chi connectivity index (χ3n) is 1.91. The highest BCUT2D eigenvalue weighted by molar-refractivity contribution is 14.1. The van der Waals surface area contributed by atoms with E-state index in [1.807, 2.05) is 18.2 Å². The third kappa shape index (κ3) is 3.29. The van der Waals surface area contributed by atoms with Crippen molar-refractivity contribution in [3.8, 4) is 0 Å². The standard InChI is InChI=1S/C9H9NO.C2H5I/c11-9-6-5-7-3-1-2-4-8(7)10-9;1-2-3/h1-4H,5-6H2,(H,10,11);2H2,1H3. The van der Waals surface area contributed by atoms with Crippen LogP contribution in [0.1, 0.15) is 18.9 Å². The monoisotopic (exact) mass is 303 g/mol. The molecule has 1 aromatic carbocycles. The Labute approximate surface area is 98.2 Å². The molecule has 0 unspecified atom stereocenters. The summed E-state index contributed by atoms with van der Waals surface area (Å²) in [5.74, 6) is 0.128. The highest BCUT2D eigenvalue weighted by atomic mass is 127. The van der Waals surface area contributed by atoms with E-state index in [0.717, 1.165) is 12.1 Å². The Hall–Kier alpha value is -0.580. The molecule has 76 valence electrons. The van der Waals surface area contributed by atoms with Gasteiger partial charge in [-0.25, -0.2) is 0 Å². The van der Waals surface area contributed by atoms with Crippen LogP contribution in [0.2, 0.25) is 0 Å². The smallest absolute Gasteiger partial charge is 0.224 e. The molecular weight excluding hydrogens is 289 g/mol. The molecule has 1 amide bonds. The highest BCUT2D eigenvalue weighted by Gasteiger charge is 2.12. The predicted octanol–water partition coefficient (Wildman–Crippen LogP) is 3.01. The minimum atomic E-state index is 0.128. The molecule has 3 heteroatoms. The van der Waals surface area contributed by atoms with Crippen LogP contribution in [0, 0.1) is 0 Å². The van der Waals surface area contributed by atoms with Gasteiger partial charge in [0.15, 0.2) is 0 Å². The first-order valence-electron chi connectivity index (χ1n) is 4.71. The summed E-state index contributed by atoms with van der Waals surface area (Å²) < 4.78 is 1.22. The molecule has 0 radical (unpaired) electrons. The number of hydrogen-bond acceptors (Lipinski definition) is 1. The van der Waals surface area contributed by atoms with E-state index in [0.29, 0.717) is 6.42 Å². The Morgan fingerprint density at radius 2 is 2.00 bits per heavy atom. The van der Waals surface area contributed by atoms with E-state index in [9.17, 15) is 4.79 Å². The summed E-state index contributed by atoms with van der Waals surface area (Å²) in [4.78, 5) is 10.9. The van der Waals surface area contributed by atoms with Gasteiger partial charge in [0.05, 0.1) is 0 Å². The number of aryl methyl sites for hydroxylation is 1. The lowest BCUT2D eigenvalue weighted by Crippen LogP contribution is -2.18. The van der Waals surface area contributed by atoms with E-state index >= 15 is 0 Å². The number of anilines is 1. The number of nitrogens with one attached hydrogen (secondary N) is 1. The zero-order valence-electron chi connectivity index (χ0n) is 8.22. The van der Waals surface area contributed by atoms with Crippen molar-refractivity contribution in [3.05, 3.63) is 29.8 Å². The fraction of sp³-hybridized carbons (Fsp3) is 0.364. The van der Waals surface area contributed by atoms with Gasteiger partial charge < -0.3 is 5.32 Å². The van der Waals surface area contributed by atoms with Gasteiger partial charge in [0.2, 0.25) is 5.91 Å². The predicted molar refractivity (Wildman–Crippen MR) is 68.0 cm³/mol. The summed E-state index contributed by atoms with van der Waals surface area (Å²) in [6.07, 6.45) is 1.50. The number of alkyl halides is 1. The summed E-state index contributed by atoms with van der Waals surface area (Å²) in [6, 6.07) is 7.92. The van der Waals surface area contributed by atoms with Crippen molar-refractivity contribution >= 4 is 34.2 Å². The van der Waals surface area contributed by atoms with Gasteiger partial charge in [-0.05, 0) is 22.5 Å². The number of benzene rings is 1. The minimum absolute atomic E-state index is 0.128. The summed E-state index contributed by atoms with van der Waals surface area (Å²) in [6.45, 7) is 2.11. The van der Waals surface area contributed by atoms with Crippen molar-refractivity contribution in [3.63, 3.8) is 0 Å². The van der Waals surface area contributed by atoms with Crippen molar-refractivity contribution in [2.24, 2.45) is 0 Å². The molecule has 1 aliphatic heterocycles. The Bertz CT molecular complexity index is 312. The van der Waals surface area contributed by atoms with E-state index in [2.05, 4.69) is 40.9 Å². The van der Waals surface area contributed by atoms with Gasteiger partial charge in [-0.15, -0.1) is 0 Å². The van der Waals surface area contributed by atoms with Gasteiger partial charge in [0, 0.05) is 12.1 Å². The fourth-order valence-electron chi connectivity index (χ4n) is 1.32. The fourth-order valence-corrected chi connectivity index (χ4v) is 1.32. The Balaban J connectivity index is 0.000000293. The van der Waals surface area contributed by atoms with Gasteiger partial charge in [-0.2, -0.15) is 0 Å². The molecule has 0 saturated carbocycles. The second-order valence-corrected chi connectivity index (χ2v) is 4.50. The topological polar surface area (TPSA) is 29.1 Å². The van der Waals surface area contributed by atoms with Crippen LogP contribution < -0.4 is 5.32 Å². The molecule has 1 heterocycles. The van der Waals surface area contributed by atoms with E-state index < -0.39 is 0 Å². The van der Waals surface area contributed by atoms with Crippen LogP contribution in [-0.4, -0.2) is 10.3 Å². The normalized spacial score (nSPS) is 13.4. The largest absolute Gasteiger partial charge is 0.326 e. The van der Waals surface area contributed by atoms with Crippen molar-refractivity contribution in [1.82, 2.24) is 0 Å². The lowest BCUT2D eigenvalue weighted by atomic mass is 10.0. The summed E-state index contributed by atoms with van der Waals surface area (Å²) in [5.41, 5.74) is 2.22. The number of para-hydroxylation sites is 1. The van der Waals surface area contributed by atoms with Crippen LogP contribution in [0.25, 0.3) is 0 Å². The van der Waals surface area contributed by atoms with Crippen LogP contribution in [0.4, 0.5) is 5.69 Å². The maximum Gasteiger partial charge on any atom is 0.224 e. The van der Waals surface area contributed by atoms with Crippen LogP contribution in [-0.2, 0) is 11.2 Å². The van der Waals surface area contributed by atoms with Crippen LogP contribution >= 0.6 is 22.6 Å². The summed E-state index contributed by atoms with van der Waals surface area (Å²) in [5, 5.41) is 2.82. The molecular formula is C11H14INO. The van der Waals surface area contributed by atoms with Crippen molar-refractivity contribution < 1.29 is 4.79 Å². The Kier molecular flexibility index (Phi) is 4.93. The van der Waals surface area contributed by atoms with Crippen LogP contribution in [0.5, 0.6) is 0 Å². The third-order valence-corrected chi connectivity index (χ3v) is 1.91. The summed E-state index contributed by atoms with van der Waals surface area (Å²) in [7, 11) is 0. The molecule has 0 aromatic heterocycles. The maximum absolute atomic E-state index is 10.9. The molecule has 2 nitrogen and oxygen atoms in total. The van der Waals surface area contributed by atoms with Gasteiger partial charge in [-0.3, -0.25) is 4.79 Å². The van der Waals surface area contributed by atoms with Crippen molar-refractivity contribution in [1.29, 1.82) is 0 Å². The molecule has 14 heavy (non-hydrogen) atoms. The molecule has 2 rings (SSSR count). The molecule has 0 saturated heterocycles. The second-order valence-electron chi connectivity index (χ2n) is 2.97. The van der Waals surface area contributed by atoms with E-state index in [-0.39, 0.29) is 5.91 Å². The quantitative estimate of drug-likeness (QED) is 0.579. The van der Waals surface area contributed by atoms with E-state index in [4.69, 9.17) is 0 Å². The first kappa shape index (κ1) is 11.5. The molecule has 1 N–H and O–H groups in total. The summed E-state index contributed by atoms with van der Waals surface area (Å²) >= 11 is 2.29. The number of carbonyl (C=O) groups excluding carboxylic acids is 1. The average Bonchev–Trinajstić information content (AvgIpc) is 2.19. The van der Waals surface area contributed by atoms with Crippen LogP contribution in [0.3, 0.4) is 0 Å². The van der Waals surface area contributed by atoms with Gasteiger partial charge in [-0.1, -0.05) is 47.7 Å². The molecule has 0 bridgehead atoms. The maximum atomic E-state index is 10.9. The number of fused-ring (bicyclic) bond motifs is 1. The first-order chi connectivity index (χ1) is 6.77. The molecule has 0 fully saturated rings. The molecule has 1 aromatic rings.